The van der Waals surface area contributed by atoms with E-state index in [-0.39, 0.29) is 11.8 Å². The van der Waals surface area contributed by atoms with Gasteiger partial charge in [-0.2, -0.15) is 0 Å². The highest BCUT2D eigenvalue weighted by molar-refractivity contribution is 5.98. The highest BCUT2D eigenvalue weighted by Crippen LogP contribution is 2.33. The van der Waals surface area contributed by atoms with Crippen LogP contribution in [0.15, 0.2) is 41.0 Å². The molecule has 1 aliphatic carbocycles. The van der Waals surface area contributed by atoms with E-state index in [0.717, 1.165) is 36.3 Å². The smallest absolute Gasteiger partial charge is 0.254 e. The maximum atomic E-state index is 13.0. The average Bonchev–Trinajstić information content (AvgIpc) is 3.18. The van der Waals surface area contributed by atoms with Crippen LogP contribution in [-0.4, -0.2) is 29.3 Å². The predicted molar refractivity (Wildman–Crippen MR) is 94.4 cm³/mol. The Hall–Kier alpha value is -2.56. The van der Waals surface area contributed by atoms with Crippen LogP contribution in [0.4, 0.5) is 5.69 Å². The molecule has 130 valence electrons. The summed E-state index contributed by atoms with van der Waals surface area (Å²) in [7, 11) is 0. The van der Waals surface area contributed by atoms with E-state index >= 15 is 0 Å². The standard InChI is InChI=1S/C20H22N2O3/c1-2-19(23)21-10-9-14-12-15(5-8-18(14)21)20(24)22(16-6-7-16)13-17-4-3-11-25-17/h3-5,8,11-12,16H,2,6-7,9-10,13H2,1H3. The molecule has 2 amide bonds. The SMILES string of the molecule is CCC(=O)N1CCc2cc(C(=O)N(Cc3ccco3)C3CC3)ccc21. The van der Waals surface area contributed by atoms with Gasteiger partial charge in [0, 0.05) is 30.3 Å². The lowest BCUT2D eigenvalue weighted by atomic mass is 10.1. The minimum Gasteiger partial charge on any atom is -0.467 e. The Morgan fingerprint density at radius 1 is 1.28 bits per heavy atom. The molecule has 0 spiro atoms. The van der Waals surface area contributed by atoms with Gasteiger partial charge in [0.15, 0.2) is 0 Å². The summed E-state index contributed by atoms with van der Waals surface area (Å²) in [4.78, 5) is 28.8. The molecule has 2 aromatic rings. The van der Waals surface area contributed by atoms with E-state index in [1.807, 2.05) is 47.1 Å². The lowest BCUT2D eigenvalue weighted by Gasteiger charge is -2.22. The van der Waals surface area contributed by atoms with Gasteiger partial charge < -0.3 is 14.2 Å². The van der Waals surface area contributed by atoms with E-state index < -0.39 is 0 Å². The van der Waals surface area contributed by atoms with Crippen LogP contribution < -0.4 is 4.90 Å². The van der Waals surface area contributed by atoms with Gasteiger partial charge in [-0.15, -0.1) is 0 Å². The third-order valence-electron chi connectivity index (χ3n) is 4.98. The molecule has 0 radical (unpaired) electrons. The number of benzene rings is 1. The Balaban J connectivity index is 1.57. The Labute approximate surface area is 147 Å². The van der Waals surface area contributed by atoms with E-state index in [1.54, 1.807) is 6.26 Å². The third-order valence-corrected chi connectivity index (χ3v) is 4.98. The van der Waals surface area contributed by atoms with E-state index in [4.69, 9.17) is 4.42 Å². The van der Waals surface area contributed by atoms with Gasteiger partial charge in [-0.25, -0.2) is 0 Å². The largest absolute Gasteiger partial charge is 0.467 e. The second-order valence-corrected chi connectivity index (χ2v) is 6.74. The van der Waals surface area contributed by atoms with Crippen LogP contribution >= 0.6 is 0 Å². The summed E-state index contributed by atoms with van der Waals surface area (Å²) in [6, 6.07) is 9.78. The Morgan fingerprint density at radius 3 is 2.80 bits per heavy atom. The first-order valence-corrected chi connectivity index (χ1v) is 8.94. The molecule has 25 heavy (non-hydrogen) atoms. The topological polar surface area (TPSA) is 53.8 Å². The first kappa shape index (κ1) is 15.9. The maximum absolute atomic E-state index is 13.0. The monoisotopic (exact) mass is 338 g/mol. The molecule has 0 saturated heterocycles. The third kappa shape index (κ3) is 3.06. The number of amides is 2. The van der Waals surface area contributed by atoms with Crippen molar-refractivity contribution in [2.75, 3.05) is 11.4 Å². The summed E-state index contributed by atoms with van der Waals surface area (Å²) in [6.45, 7) is 3.09. The van der Waals surface area contributed by atoms with E-state index in [9.17, 15) is 9.59 Å². The van der Waals surface area contributed by atoms with Gasteiger partial charge in [-0.3, -0.25) is 9.59 Å². The van der Waals surface area contributed by atoms with Crippen molar-refractivity contribution in [1.29, 1.82) is 0 Å². The molecule has 0 atom stereocenters. The molecular formula is C20H22N2O3. The Kier molecular flexibility index (Phi) is 4.07. The van der Waals surface area contributed by atoms with Crippen LogP contribution in [0.3, 0.4) is 0 Å². The first-order chi connectivity index (χ1) is 12.2. The molecule has 1 aromatic carbocycles. The van der Waals surface area contributed by atoms with Gasteiger partial charge in [0.2, 0.25) is 5.91 Å². The van der Waals surface area contributed by atoms with E-state index in [1.165, 1.54) is 0 Å². The minimum atomic E-state index is 0.0435. The lowest BCUT2D eigenvalue weighted by molar-refractivity contribution is -0.118. The molecule has 5 heteroatoms. The van der Waals surface area contributed by atoms with Crippen molar-refractivity contribution < 1.29 is 14.0 Å². The molecule has 0 N–H and O–H groups in total. The van der Waals surface area contributed by atoms with Crippen molar-refractivity contribution in [2.24, 2.45) is 0 Å². The molecule has 5 nitrogen and oxygen atoms in total. The molecular weight excluding hydrogens is 316 g/mol. The number of carbonyl (C=O) groups is 2. The lowest BCUT2D eigenvalue weighted by Crippen LogP contribution is -2.32. The second kappa shape index (κ2) is 6.39. The van der Waals surface area contributed by atoms with Gasteiger partial charge in [0.1, 0.15) is 5.76 Å². The van der Waals surface area contributed by atoms with Crippen LogP contribution in [0.5, 0.6) is 0 Å². The molecule has 0 unspecified atom stereocenters. The number of carbonyl (C=O) groups excluding carboxylic acids is 2. The fraction of sp³-hybridized carbons (Fsp3) is 0.400. The molecule has 0 bridgehead atoms. The summed E-state index contributed by atoms with van der Waals surface area (Å²) in [5.74, 6) is 0.985. The molecule has 1 aliphatic heterocycles. The Bertz CT molecular complexity index is 793. The van der Waals surface area contributed by atoms with Gasteiger partial charge >= 0.3 is 0 Å². The number of nitrogens with zero attached hydrogens (tertiary/aromatic N) is 2. The van der Waals surface area contributed by atoms with Crippen molar-refractivity contribution in [3.8, 4) is 0 Å². The molecule has 1 fully saturated rings. The van der Waals surface area contributed by atoms with Gasteiger partial charge in [-0.1, -0.05) is 6.92 Å². The molecule has 1 aromatic heterocycles. The summed E-state index contributed by atoms with van der Waals surface area (Å²) in [6.07, 6.45) is 5.05. The Morgan fingerprint density at radius 2 is 2.12 bits per heavy atom. The predicted octanol–water partition coefficient (Wildman–Crippen LogP) is 3.38. The van der Waals surface area contributed by atoms with Crippen LogP contribution in [0.1, 0.15) is 47.9 Å². The van der Waals surface area contributed by atoms with Crippen molar-refractivity contribution in [1.82, 2.24) is 4.90 Å². The number of fused-ring (bicyclic) bond motifs is 1. The average molecular weight is 338 g/mol. The normalized spacial score (nSPS) is 16.0. The fourth-order valence-electron chi connectivity index (χ4n) is 3.47. The number of anilines is 1. The molecule has 2 heterocycles. The van der Waals surface area contributed by atoms with Crippen LogP contribution in [0.2, 0.25) is 0 Å². The molecule has 1 saturated carbocycles. The summed E-state index contributed by atoms with van der Waals surface area (Å²) in [5, 5.41) is 0. The van der Waals surface area contributed by atoms with Crippen LogP contribution in [0, 0.1) is 0 Å². The summed E-state index contributed by atoms with van der Waals surface area (Å²) >= 11 is 0. The number of rotatable bonds is 5. The van der Waals surface area contributed by atoms with Crippen molar-refractivity contribution >= 4 is 17.5 Å². The quantitative estimate of drug-likeness (QED) is 0.840. The number of hydrogen-bond acceptors (Lipinski definition) is 3. The highest BCUT2D eigenvalue weighted by Gasteiger charge is 2.34. The zero-order valence-corrected chi connectivity index (χ0v) is 14.4. The van der Waals surface area contributed by atoms with Gasteiger partial charge in [0.05, 0.1) is 12.8 Å². The first-order valence-electron chi connectivity index (χ1n) is 8.94. The van der Waals surface area contributed by atoms with Crippen LogP contribution in [-0.2, 0) is 17.8 Å². The van der Waals surface area contributed by atoms with Crippen molar-refractivity contribution in [2.45, 2.75) is 45.2 Å². The zero-order valence-electron chi connectivity index (χ0n) is 14.4. The van der Waals surface area contributed by atoms with Gasteiger partial charge in [-0.05, 0) is 55.2 Å². The summed E-state index contributed by atoms with van der Waals surface area (Å²) in [5.41, 5.74) is 2.73. The van der Waals surface area contributed by atoms with E-state index in [2.05, 4.69) is 0 Å². The molecule has 2 aliphatic rings. The highest BCUT2D eigenvalue weighted by atomic mass is 16.3. The minimum absolute atomic E-state index is 0.0435. The number of furan rings is 1. The van der Waals surface area contributed by atoms with Gasteiger partial charge in [0.25, 0.3) is 5.91 Å². The number of hydrogen-bond donors (Lipinski definition) is 0. The fourth-order valence-corrected chi connectivity index (χ4v) is 3.47. The second-order valence-electron chi connectivity index (χ2n) is 6.74. The zero-order chi connectivity index (χ0) is 17.4. The maximum Gasteiger partial charge on any atom is 0.254 e. The van der Waals surface area contributed by atoms with Crippen molar-refractivity contribution in [3.63, 3.8) is 0 Å². The molecule has 4 rings (SSSR count). The van der Waals surface area contributed by atoms with Crippen molar-refractivity contribution in [3.05, 3.63) is 53.5 Å². The van der Waals surface area contributed by atoms with E-state index in [0.29, 0.717) is 31.1 Å². The summed E-state index contributed by atoms with van der Waals surface area (Å²) < 4.78 is 5.42. The van der Waals surface area contributed by atoms with Crippen LogP contribution in [0.25, 0.3) is 0 Å².